The summed E-state index contributed by atoms with van der Waals surface area (Å²) in [6.07, 6.45) is 0. The summed E-state index contributed by atoms with van der Waals surface area (Å²) in [5.41, 5.74) is 2.15. The molecule has 0 amide bonds. The molecule has 0 unspecified atom stereocenters. The van der Waals surface area contributed by atoms with E-state index in [1.165, 1.54) is 6.07 Å². The average Bonchev–Trinajstić information content (AvgIpc) is 2.20. The number of nitrogens with zero attached hydrogens (tertiary/aromatic N) is 1. The fraction of sp³-hybridized carbons (Fsp3) is 0.250. The van der Waals surface area contributed by atoms with Gasteiger partial charge in [0.25, 0.3) is 0 Å². The summed E-state index contributed by atoms with van der Waals surface area (Å²) in [5, 5.41) is 4.02. The predicted molar refractivity (Wildman–Crippen MR) is 68.3 cm³/mol. The molecule has 2 aromatic rings. The number of benzene rings is 1. The van der Waals surface area contributed by atoms with Crippen LogP contribution in [0.1, 0.15) is 12.6 Å². The highest BCUT2D eigenvalue weighted by Crippen LogP contribution is 2.28. The van der Waals surface area contributed by atoms with Crippen molar-refractivity contribution in [2.45, 2.75) is 13.8 Å². The Kier molecular flexibility index (Phi) is 3.10. The van der Waals surface area contributed by atoms with Crippen LogP contribution in [0.4, 0.5) is 10.1 Å². The highest BCUT2D eigenvalue weighted by Gasteiger charge is 2.09. The normalized spacial score (nSPS) is 10.8. The Morgan fingerprint density at radius 1 is 1.38 bits per heavy atom. The lowest BCUT2D eigenvalue weighted by Gasteiger charge is -2.10. The van der Waals surface area contributed by atoms with Crippen LogP contribution in [0.5, 0.6) is 0 Å². The van der Waals surface area contributed by atoms with E-state index in [-0.39, 0.29) is 5.82 Å². The number of fused-ring (bicyclic) bond motifs is 1. The second-order valence-corrected chi connectivity index (χ2v) is 4.54. The molecular formula is C12H12BrFN2. The van der Waals surface area contributed by atoms with Gasteiger partial charge in [-0.15, -0.1) is 0 Å². The molecule has 0 aliphatic heterocycles. The molecule has 0 atom stereocenters. The van der Waals surface area contributed by atoms with Gasteiger partial charge in [0.05, 0.1) is 0 Å². The summed E-state index contributed by atoms with van der Waals surface area (Å²) < 4.78 is 14.5. The number of hydrogen-bond donors (Lipinski definition) is 1. The van der Waals surface area contributed by atoms with E-state index in [2.05, 4.69) is 26.2 Å². The van der Waals surface area contributed by atoms with Crippen molar-refractivity contribution in [3.8, 4) is 0 Å². The van der Waals surface area contributed by atoms with Crippen LogP contribution < -0.4 is 5.32 Å². The van der Waals surface area contributed by atoms with Crippen LogP contribution in [0.25, 0.3) is 10.9 Å². The number of hydrogen-bond acceptors (Lipinski definition) is 2. The van der Waals surface area contributed by atoms with Crippen LogP contribution in [0.15, 0.2) is 22.7 Å². The summed E-state index contributed by atoms with van der Waals surface area (Å²) >= 11 is 3.29. The Hall–Kier alpha value is -1.16. The minimum atomic E-state index is -0.299. The summed E-state index contributed by atoms with van der Waals surface area (Å²) in [7, 11) is 0. The first kappa shape index (κ1) is 11.3. The largest absolute Gasteiger partial charge is 0.385 e. The molecule has 0 saturated carbocycles. The molecule has 1 heterocycles. The summed E-state index contributed by atoms with van der Waals surface area (Å²) in [6, 6.07) is 5.24. The Labute approximate surface area is 102 Å². The van der Waals surface area contributed by atoms with Crippen molar-refractivity contribution in [3.63, 3.8) is 0 Å². The number of rotatable bonds is 2. The molecule has 4 heteroatoms. The van der Waals surface area contributed by atoms with Crippen molar-refractivity contribution < 1.29 is 4.39 Å². The first-order valence-corrected chi connectivity index (χ1v) is 5.91. The number of aromatic nitrogens is 1. The molecule has 0 aliphatic carbocycles. The molecule has 1 N–H and O–H groups in total. The third-order valence-electron chi connectivity index (χ3n) is 2.33. The van der Waals surface area contributed by atoms with E-state index in [1.54, 1.807) is 0 Å². The van der Waals surface area contributed by atoms with Crippen molar-refractivity contribution in [2.24, 2.45) is 0 Å². The third kappa shape index (κ3) is 2.02. The van der Waals surface area contributed by atoms with Gasteiger partial charge < -0.3 is 5.32 Å². The molecular weight excluding hydrogens is 271 g/mol. The highest BCUT2D eigenvalue weighted by molar-refractivity contribution is 9.10. The van der Waals surface area contributed by atoms with Gasteiger partial charge >= 0.3 is 0 Å². The van der Waals surface area contributed by atoms with Gasteiger partial charge in [-0.25, -0.2) is 9.37 Å². The zero-order chi connectivity index (χ0) is 11.7. The lowest BCUT2D eigenvalue weighted by molar-refractivity contribution is 0.635. The average molecular weight is 283 g/mol. The van der Waals surface area contributed by atoms with Gasteiger partial charge in [0, 0.05) is 27.8 Å². The highest BCUT2D eigenvalue weighted by atomic mass is 79.9. The van der Waals surface area contributed by atoms with E-state index in [9.17, 15) is 4.39 Å². The van der Waals surface area contributed by atoms with E-state index in [4.69, 9.17) is 0 Å². The molecule has 16 heavy (non-hydrogen) atoms. The first-order valence-electron chi connectivity index (χ1n) is 5.12. The maximum atomic E-state index is 13.7. The Morgan fingerprint density at radius 2 is 2.12 bits per heavy atom. The second kappa shape index (κ2) is 4.37. The molecule has 0 radical (unpaired) electrons. The molecule has 1 aromatic carbocycles. The van der Waals surface area contributed by atoms with Crippen LogP contribution in [-0.4, -0.2) is 11.5 Å². The number of anilines is 1. The van der Waals surface area contributed by atoms with Crippen LogP contribution in [0.3, 0.4) is 0 Å². The molecule has 0 aliphatic rings. The van der Waals surface area contributed by atoms with E-state index < -0.39 is 0 Å². The monoisotopic (exact) mass is 282 g/mol. The molecule has 1 aromatic heterocycles. The predicted octanol–water partition coefficient (Wildman–Crippen LogP) is 3.88. The number of halogens is 2. The van der Waals surface area contributed by atoms with Gasteiger partial charge in [0.15, 0.2) is 5.82 Å². The van der Waals surface area contributed by atoms with Crippen LogP contribution in [0, 0.1) is 12.7 Å². The van der Waals surface area contributed by atoms with Crippen molar-refractivity contribution in [1.82, 2.24) is 4.98 Å². The smallest absolute Gasteiger partial charge is 0.150 e. The molecule has 2 rings (SSSR count). The van der Waals surface area contributed by atoms with Crippen LogP contribution >= 0.6 is 15.9 Å². The van der Waals surface area contributed by atoms with Gasteiger partial charge in [-0.1, -0.05) is 15.9 Å². The van der Waals surface area contributed by atoms with Crippen molar-refractivity contribution in [2.75, 3.05) is 11.9 Å². The Bertz CT molecular complexity index is 540. The number of aryl methyl sites for hydroxylation is 1. The fourth-order valence-corrected chi connectivity index (χ4v) is 2.15. The Morgan fingerprint density at radius 3 is 2.81 bits per heavy atom. The maximum Gasteiger partial charge on any atom is 0.150 e. The third-order valence-corrected chi connectivity index (χ3v) is 2.78. The van der Waals surface area contributed by atoms with Crippen LogP contribution in [0.2, 0.25) is 0 Å². The number of nitrogens with one attached hydrogen (secondary N) is 1. The molecule has 0 spiro atoms. The zero-order valence-electron chi connectivity index (χ0n) is 9.14. The van der Waals surface area contributed by atoms with Gasteiger partial charge in [0.2, 0.25) is 0 Å². The summed E-state index contributed by atoms with van der Waals surface area (Å²) in [4.78, 5) is 4.22. The molecule has 0 fully saturated rings. The van der Waals surface area contributed by atoms with Gasteiger partial charge in [-0.2, -0.15) is 0 Å². The van der Waals surface area contributed by atoms with E-state index in [0.717, 1.165) is 27.8 Å². The molecule has 84 valence electrons. The molecule has 0 saturated heterocycles. The maximum absolute atomic E-state index is 13.7. The second-order valence-electron chi connectivity index (χ2n) is 3.63. The van der Waals surface area contributed by atoms with Crippen LogP contribution in [-0.2, 0) is 0 Å². The minimum Gasteiger partial charge on any atom is -0.385 e. The van der Waals surface area contributed by atoms with Gasteiger partial charge in [-0.3, -0.25) is 0 Å². The van der Waals surface area contributed by atoms with Crippen molar-refractivity contribution in [1.29, 1.82) is 0 Å². The molecule has 2 nitrogen and oxygen atoms in total. The first-order chi connectivity index (χ1) is 7.61. The minimum absolute atomic E-state index is 0.299. The quantitative estimate of drug-likeness (QED) is 0.904. The summed E-state index contributed by atoms with van der Waals surface area (Å²) in [6.45, 7) is 4.67. The number of pyridine rings is 1. The lowest BCUT2D eigenvalue weighted by Crippen LogP contribution is -2.00. The molecule has 0 bridgehead atoms. The summed E-state index contributed by atoms with van der Waals surface area (Å²) in [5.74, 6) is -0.299. The lowest BCUT2D eigenvalue weighted by atomic mass is 10.1. The SMILES string of the molecule is CCNc1cc(C)nc2c(F)cc(Br)cc12. The van der Waals surface area contributed by atoms with Crippen molar-refractivity contribution >= 4 is 32.5 Å². The van der Waals surface area contributed by atoms with E-state index in [1.807, 2.05) is 26.0 Å². The van der Waals surface area contributed by atoms with E-state index >= 15 is 0 Å². The van der Waals surface area contributed by atoms with Gasteiger partial charge in [0.1, 0.15) is 5.52 Å². The standard InChI is InChI=1S/C12H12BrFN2/c1-3-15-11-4-7(2)16-12-9(11)5-8(13)6-10(12)14/h4-6H,3H2,1-2H3,(H,15,16). The Balaban J connectivity index is 2.78. The zero-order valence-corrected chi connectivity index (χ0v) is 10.7. The van der Waals surface area contributed by atoms with Crippen molar-refractivity contribution in [3.05, 3.63) is 34.2 Å². The van der Waals surface area contributed by atoms with E-state index in [0.29, 0.717) is 5.52 Å². The fourth-order valence-electron chi connectivity index (χ4n) is 1.72. The van der Waals surface area contributed by atoms with Gasteiger partial charge in [-0.05, 0) is 32.0 Å². The topological polar surface area (TPSA) is 24.9 Å².